The third kappa shape index (κ3) is 5.40. The molecule has 0 spiro atoms. The number of amides is 1. The van der Waals surface area contributed by atoms with Crippen molar-refractivity contribution in [2.75, 3.05) is 49.6 Å². The Balaban J connectivity index is 1.66. The molecule has 0 radical (unpaired) electrons. The first kappa shape index (κ1) is 22.7. The number of carbonyl (C=O) groups is 1. The second kappa shape index (κ2) is 9.91. The van der Waals surface area contributed by atoms with E-state index in [-0.39, 0.29) is 23.9 Å². The molecule has 2 aromatic rings. The zero-order valence-corrected chi connectivity index (χ0v) is 19.5. The Morgan fingerprint density at radius 1 is 1.17 bits per heavy atom. The van der Waals surface area contributed by atoms with Crippen molar-refractivity contribution in [3.8, 4) is 0 Å². The lowest BCUT2D eigenvalue weighted by Gasteiger charge is -2.29. The van der Waals surface area contributed by atoms with Gasteiger partial charge >= 0.3 is 0 Å². The van der Waals surface area contributed by atoms with Crippen LogP contribution in [0.4, 0.5) is 11.4 Å². The van der Waals surface area contributed by atoms with Crippen LogP contribution in [0.1, 0.15) is 12.5 Å². The van der Waals surface area contributed by atoms with Crippen LogP contribution in [-0.4, -0.2) is 58.0 Å². The molecular weight excluding hydrogens is 470 g/mol. The van der Waals surface area contributed by atoms with E-state index >= 15 is 0 Å². The van der Waals surface area contributed by atoms with Crippen molar-refractivity contribution < 1.29 is 17.9 Å². The SMILES string of the molecule is CCN(CC(=O)Nc1ccc(N2CCOCC2)cc1)S(=O)(=O)c1ccc(C)cc1Br. The van der Waals surface area contributed by atoms with Crippen molar-refractivity contribution in [1.29, 1.82) is 0 Å². The molecule has 0 atom stereocenters. The molecule has 9 heteroatoms. The number of hydrogen-bond acceptors (Lipinski definition) is 5. The molecule has 2 aromatic carbocycles. The fraction of sp³-hybridized carbons (Fsp3) is 0.381. The van der Waals surface area contributed by atoms with Crippen molar-refractivity contribution in [2.24, 2.45) is 0 Å². The lowest BCUT2D eigenvalue weighted by Crippen LogP contribution is -2.38. The van der Waals surface area contributed by atoms with Crippen molar-refractivity contribution >= 4 is 43.2 Å². The lowest BCUT2D eigenvalue weighted by atomic mass is 10.2. The average molecular weight is 496 g/mol. The molecule has 3 rings (SSSR count). The first-order valence-electron chi connectivity index (χ1n) is 9.80. The van der Waals surface area contributed by atoms with Crippen molar-refractivity contribution in [3.63, 3.8) is 0 Å². The van der Waals surface area contributed by atoms with Gasteiger partial charge in [0.15, 0.2) is 0 Å². The Morgan fingerprint density at radius 2 is 1.83 bits per heavy atom. The summed E-state index contributed by atoms with van der Waals surface area (Å²) in [6.07, 6.45) is 0. The normalized spacial score (nSPS) is 14.7. The Morgan fingerprint density at radius 3 is 2.43 bits per heavy atom. The molecule has 1 N–H and O–H groups in total. The summed E-state index contributed by atoms with van der Waals surface area (Å²) < 4.78 is 33.0. The molecule has 1 aliphatic heterocycles. The average Bonchev–Trinajstić information content (AvgIpc) is 2.72. The molecule has 1 heterocycles. The zero-order chi connectivity index (χ0) is 21.7. The molecule has 7 nitrogen and oxygen atoms in total. The number of anilines is 2. The summed E-state index contributed by atoms with van der Waals surface area (Å²) in [5.41, 5.74) is 2.64. The minimum Gasteiger partial charge on any atom is -0.378 e. The van der Waals surface area contributed by atoms with E-state index in [9.17, 15) is 13.2 Å². The van der Waals surface area contributed by atoms with E-state index in [4.69, 9.17) is 4.74 Å². The molecule has 0 aliphatic carbocycles. The third-order valence-corrected chi connectivity index (χ3v) is 7.80. The van der Waals surface area contributed by atoms with E-state index in [1.807, 2.05) is 31.2 Å². The fourth-order valence-corrected chi connectivity index (χ4v) is 5.82. The number of aryl methyl sites for hydroxylation is 1. The molecule has 0 saturated carbocycles. The number of nitrogens with one attached hydrogen (secondary N) is 1. The molecule has 0 bridgehead atoms. The summed E-state index contributed by atoms with van der Waals surface area (Å²) >= 11 is 3.32. The Labute approximate surface area is 186 Å². The number of rotatable bonds is 7. The van der Waals surface area contributed by atoms with Crippen LogP contribution in [0.5, 0.6) is 0 Å². The smallest absolute Gasteiger partial charge is 0.244 e. The highest BCUT2D eigenvalue weighted by Gasteiger charge is 2.27. The number of ether oxygens (including phenoxy) is 1. The standard InChI is InChI=1S/C21H26BrN3O4S/c1-3-25(30(27,28)20-9-4-16(2)14-19(20)22)15-21(26)23-17-5-7-18(8-6-17)24-10-12-29-13-11-24/h4-9,14H,3,10-13,15H2,1-2H3,(H,23,26). The van der Waals surface area contributed by atoms with E-state index in [1.165, 1.54) is 4.31 Å². The maximum Gasteiger partial charge on any atom is 0.244 e. The summed E-state index contributed by atoms with van der Waals surface area (Å²) in [7, 11) is -3.80. The van der Waals surface area contributed by atoms with Crippen LogP contribution in [0, 0.1) is 6.92 Å². The molecule has 0 aromatic heterocycles. The van der Waals surface area contributed by atoms with E-state index < -0.39 is 10.0 Å². The second-order valence-corrected chi connectivity index (χ2v) is 9.82. The van der Waals surface area contributed by atoms with Gasteiger partial charge in [0.05, 0.1) is 24.7 Å². The highest BCUT2D eigenvalue weighted by atomic mass is 79.9. The van der Waals surface area contributed by atoms with Gasteiger partial charge in [0.25, 0.3) is 0 Å². The van der Waals surface area contributed by atoms with Gasteiger partial charge in [-0.05, 0) is 64.8 Å². The van der Waals surface area contributed by atoms with Crippen molar-refractivity contribution in [1.82, 2.24) is 4.31 Å². The quantitative estimate of drug-likeness (QED) is 0.637. The monoisotopic (exact) mass is 495 g/mol. The Kier molecular flexibility index (Phi) is 7.51. The molecular formula is C21H26BrN3O4S. The fourth-order valence-electron chi connectivity index (χ4n) is 3.26. The maximum absolute atomic E-state index is 13.0. The maximum atomic E-state index is 13.0. The number of benzene rings is 2. The van der Waals surface area contributed by atoms with Gasteiger partial charge in [0.2, 0.25) is 15.9 Å². The third-order valence-electron chi connectivity index (χ3n) is 4.91. The first-order valence-corrected chi connectivity index (χ1v) is 12.0. The van der Waals surface area contributed by atoms with Crippen LogP contribution < -0.4 is 10.2 Å². The van der Waals surface area contributed by atoms with Crippen LogP contribution >= 0.6 is 15.9 Å². The van der Waals surface area contributed by atoms with Gasteiger partial charge in [-0.2, -0.15) is 4.31 Å². The number of halogens is 1. The van der Waals surface area contributed by atoms with E-state index in [0.717, 1.165) is 24.3 Å². The number of nitrogens with zero attached hydrogens (tertiary/aromatic N) is 2. The summed E-state index contributed by atoms with van der Waals surface area (Å²) in [5, 5.41) is 2.78. The van der Waals surface area contributed by atoms with Gasteiger partial charge in [-0.15, -0.1) is 0 Å². The highest BCUT2D eigenvalue weighted by Crippen LogP contribution is 2.26. The van der Waals surface area contributed by atoms with E-state index in [1.54, 1.807) is 25.1 Å². The van der Waals surface area contributed by atoms with Crippen molar-refractivity contribution in [3.05, 3.63) is 52.5 Å². The van der Waals surface area contributed by atoms with Crippen molar-refractivity contribution in [2.45, 2.75) is 18.7 Å². The second-order valence-electron chi connectivity index (χ2n) is 7.06. The summed E-state index contributed by atoms with van der Waals surface area (Å²) in [4.78, 5) is 14.9. The van der Waals surface area contributed by atoms with Crippen LogP contribution in [0.3, 0.4) is 0 Å². The van der Waals surface area contributed by atoms with Gasteiger partial charge in [0.1, 0.15) is 0 Å². The molecule has 1 aliphatic rings. The predicted octanol–water partition coefficient (Wildman–Crippen LogP) is 3.24. The van der Waals surface area contributed by atoms with Crippen LogP contribution in [-0.2, 0) is 19.6 Å². The number of sulfonamides is 1. The van der Waals surface area contributed by atoms with E-state index in [2.05, 4.69) is 26.1 Å². The number of carbonyl (C=O) groups excluding carboxylic acids is 1. The van der Waals surface area contributed by atoms with E-state index in [0.29, 0.717) is 23.4 Å². The minimum absolute atomic E-state index is 0.151. The molecule has 0 unspecified atom stereocenters. The lowest BCUT2D eigenvalue weighted by molar-refractivity contribution is -0.116. The summed E-state index contributed by atoms with van der Waals surface area (Å²) in [5.74, 6) is -0.386. The van der Waals surface area contributed by atoms with Crippen LogP contribution in [0.2, 0.25) is 0 Å². The molecule has 1 fully saturated rings. The van der Waals surface area contributed by atoms with Gasteiger partial charge in [0, 0.05) is 35.5 Å². The molecule has 1 amide bonds. The molecule has 30 heavy (non-hydrogen) atoms. The topological polar surface area (TPSA) is 79.0 Å². The minimum atomic E-state index is -3.80. The largest absolute Gasteiger partial charge is 0.378 e. The molecule has 162 valence electrons. The molecule has 1 saturated heterocycles. The Bertz CT molecular complexity index is 990. The number of morpholine rings is 1. The summed E-state index contributed by atoms with van der Waals surface area (Å²) in [6.45, 7) is 6.61. The van der Waals surface area contributed by atoms with Crippen LogP contribution in [0.25, 0.3) is 0 Å². The zero-order valence-electron chi connectivity index (χ0n) is 17.1. The Hall–Kier alpha value is -1.94. The van der Waals surface area contributed by atoms with Gasteiger partial charge < -0.3 is 15.0 Å². The first-order chi connectivity index (χ1) is 14.3. The number of hydrogen-bond donors (Lipinski definition) is 1. The highest BCUT2D eigenvalue weighted by molar-refractivity contribution is 9.10. The van der Waals surface area contributed by atoms with Crippen LogP contribution in [0.15, 0.2) is 51.8 Å². The van der Waals surface area contributed by atoms with Gasteiger partial charge in [-0.25, -0.2) is 8.42 Å². The predicted molar refractivity (Wildman–Crippen MR) is 121 cm³/mol. The van der Waals surface area contributed by atoms with Gasteiger partial charge in [-0.3, -0.25) is 4.79 Å². The van der Waals surface area contributed by atoms with Gasteiger partial charge in [-0.1, -0.05) is 13.0 Å². The number of likely N-dealkylation sites (N-methyl/N-ethyl adjacent to an activating group) is 1. The summed E-state index contributed by atoms with van der Waals surface area (Å²) in [6, 6.07) is 12.6.